The predicted molar refractivity (Wildman–Crippen MR) is 68.1 cm³/mol. The first kappa shape index (κ1) is 11.6. The maximum absolute atomic E-state index is 5.58. The molecule has 3 N–H and O–H groups in total. The average Bonchev–Trinajstić information content (AvgIpc) is 2.72. The minimum Gasteiger partial charge on any atom is -0.271 e. The van der Waals surface area contributed by atoms with Crippen LogP contribution in [0, 0.1) is 5.92 Å². The second-order valence-electron chi connectivity index (χ2n) is 5.18. The summed E-state index contributed by atoms with van der Waals surface area (Å²) in [5.41, 5.74) is 7.43. The van der Waals surface area contributed by atoms with Crippen LogP contribution in [0.3, 0.4) is 0 Å². The second kappa shape index (κ2) is 4.98. The lowest BCUT2D eigenvalue weighted by molar-refractivity contribution is 0.404. The van der Waals surface area contributed by atoms with E-state index in [0.717, 1.165) is 6.42 Å². The molecule has 0 saturated carbocycles. The van der Waals surface area contributed by atoms with Crippen molar-refractivity contribution in [2.75, 3.05) is 0 Å². The third-order valence-electron chi connectivity index (χ3n) is 3.64. The predicted octanol–water partition coefficient (Wildman–Crippen LogP) is 2.21. The van der Waals surface area contributed by atoms with Gasteiger partial charge in [0.15, 0.2) is 0 Å². The summed E-state index contributed by atoms with van der Waals surface area (Å²) in [6.07, 6.45) is 4.87. The zero-order valence-corrected chi connectivity index (χ0v) is 10.3. The van der Waals surface area contributed by atoms with Gasteiger partial charge in [0.25, 0.3) is 0 Å². The molecule has 0 bridgehead atoms. The van der Waals surface area contributed by atoms with E-state index >= 15 is 0 Å². The summed E-state index contributed by atoms with van der Waals surface area (Å²) in [6, 6.07) is 7.30. The molecule has 1 aromatic carbocycles. The monoisotopic (exact) mass is 218 g/mol. The summed E-state index contributed by atoms with van der Waals surface area (Å²) in [5, 5.41) is 0. The van der Waals surface area contributed by atoms with Crippen LogP contribution in [0.15, 0.2) is 18.2 Å². The molecule has 0 fully saturated rings. The number of hydrazine groups is 1. The van der Waals surface area contributed by atoms with E-state index in [1.807, 2.05) is 0 Å². The van der Waals surface area contributed by atoms with Gasteiger partial charge < -0.3 is 0 Å². The summed E-state index contributed by atoms with van der Waals surface area (Å²) in [6.45, 7) is 4.41. The summed E-state index contributed by atoms with van der Waals surface area (Å²) in [5.74, 6) is 6.15. The molecule has 0 aliphatic heterocycles. The molecule has 1 aliphatic carbocycles. The first-order chi connectivity index (χ1) is 7.70. The Morgan fingerprint density at radius 2 is 2.00 bits per heavy atom. The van der Waals surface area contributed by atoms with Crippen molar-refractivity contribution < 1.29 is 0 Å². The maximum Gasteiger partial charge on any atom is 0.0273 e. The highest BCUT2D eigenvalue weighted by Gasteiger charge is 2.15. The lowest BCUT2D eigenvalue weighted by atomic mass is 9.95. The van der Waals surface area contributed by atoms with Crippen LogP contribution in [0.4, 0.5) is 0 Å². The molecule has 16 heavy (non-hydrogen) atoms. The molecular formula is C14H22N2. The molecule has 1 aromatic rings. The second-order valence-corrected chi connectivity index (χ2v) is 5.18. The van der Waals surface area contributed by atoms with Gasteiger partial charge in [-0.3, -0.25) is 11.3 Å². The fourth-order valence-electron chi connectivity index (χ4n) is 2.49. The van der Waals surface area contributed by atoms with Crippen LogP contribution in [0.1, 0.15) is 37.0 Å². The van der Waals surface area contributed by atoms with E-state index in [4.69, 9.17) is 5.84 Å². The van der Waals surface area contributed by atoms with Gasteiger partial charge in [-0.05, 0) is 48.3 Å². The van der Waals surface area contributed by atoms with Gasteiger partial charge in [0.1, 0.15) is 0 Å². The van der Waals surface area contributed by atoms with E-state index in [0.29, 0.717) is 12.0 Å². The van der Waals surface area contributed by atoms with Crippen molar-refractivity contribution in [3.05, 3.63) is 34.9 Å². The van der Waals surface area contributed by atoms with Crippen molar-refractivity contribution in [1.29, 1.82) is 0 Å². The molecule has 0 heterocycles. The number of fused-ring (bicyclic) bond motifs is 1. The van der Waals surface area contributed by atoms with Gasteiger partial charge in [0, 0.05) is 6.04 Å². The average molecular weight is 218 g/mol. The Kier molecular flexibility index (Phi) is 3.62. The van der Waals surface area contributed by atoms with E-state index in [1.165, 1.54) is 24.8 Å². The SMILES string of the molecule is CC(C)C(Cc1ccc2c(c1)CCC2)NN. The minimum atomic E-state index is 0.374. The molecule has 2 heteroatoms. The molecular weight excluding hydrogens is 196 g/mol. The quantitative estimate of drug-likeness (QED) is 0.600. The molecule has 1 aliphatic rings. The van der Waals surface area contributed by atoms with Gasteiger partial charge in [-0.25, -0.2) is 0 Å². The van der Waals surface area contributed by atoms with Crippen LogP contribution in [0.5, 0.6) is 0 Å². The third kappa shape index (κ3) is 2.45. The van der Waals surface area contributed by atoms with Gasteiger partial charge in [-0.2, -0.15) is 0 Å². The van der Waals surface area contributed by atoms with Gasteiger partial charge in [-0.15, -0.1) is 0 Å². The Morgan fingerprint density at radius 1 is 1.25 bits per heavy atom. The Balaban J connectivity index is 2.10. The van der Waals surface area contributed by atoms with Gasteiger partial charge in [-0.1, -0.05) is 32.0 Å². The van der Waals surface area contributed by atoms with E-state index in [1.54, 1.807) is 11.1 Å². The highest BCUT2D eigenvalue weighted by molar-refractivity contribution is 5.35. The topological polar surface area (TPSA) is 38.0 Å². The smallest absolute Gasteiger partial charge is 0.0273 e. The Bertz CT molecular complexity index is 358. The number of nitrogens with two attached hydrogens (primary N) is 1. The molecule has 1 atom stereocenters. The van der Waals surface area contributed by atoms with Crippen molar-refractivity contribution in [3.8, 4) is 0 Å². The minimum absolute atomic E-state index is 0.374. The molecule has 0 radical (unpaired) electrons. The summed E-state index contributed by atoms with van der Waals surface area (Å²) in [7, 11) is 0. The van der Waals surface area contributed by atoms with Gasteiger partial charge in [0.2, 0.25) is 0 Å². The van der Waals surface area contributed by atoms with Crippen LogP contribution in [0.2, 0.25) is 0 Å². The number of benzene rings is 1. The van der Waals surface area contributed by atoms with Gasteiger partial charge in [0.05, 0.1) is 0 Å². The molecule has 0 aromatic heterocycles. The van der Waals surface area contributed by atoms with E-state index in [2.05, 4.69) is 37.5 Å². The Hall–Kier alpha value is -0.860. The molecule has 0 saturated heterocycles. The first-order valence-electron chi connectivity index (χ1n) is 6.27. The van der Waals surface area contributed by atoms with E-state index in [9.17, 15) is 0 Å². The fourth-order valence-corrected chi connectivity index (χ4v) is 2.49. The lowest BCUT2D eigenvalue weighted by Crippen LogP contribution is -2.40. The van der Waals surface area contributed by atoms with Crippen molar-refractivity contribution in [2.24, 2.45) is 11.8 Å². The zero-order chi connectivity index (χ0) is 11.5. The Morgan fingerprint density at radius 3 is 2.69 bits per heavy atom. The van der Waals surface area contributed by atoms with Crippen LogP contribution >= 0.6 is 0 Å². The van der Waals surface area contributed by atoms with Crippen LogP contribution in [-0.4, -0.2) is 6.04 Å². The number of rotatable bonds is 4. The van der Waals surface area contributed by atoms with Crippen molar-refractivity contribution in [3.63, 3.8) is 0 Å². The number of hydrogen-bond acceptors (Lipinski definition) is 2. The fraction of sp³-hybridized carbons (Fsp3) is 0.571. The van der Waals surface area contributed by atoms with Crippen LogP contribution < -0.4 is 11.3 Å². The zero-order valence-electron chi connectivity index (χ0n) is 10.3. The number of hydrogen-bond donors (Lipinski definition) is 2. The summed E-state index contributed by atoms with van der Waals surface area (Å²) < 4.78 is 0. The lowest BCUT2D eigenvalue weighted by Gasteiger charge is -2.20. The van der Waals surface area contributed by atoms with Crippen molar-refractivity contribution in [2.45, 2.75) is 45.6 Å². The molecule has 0 amide bonds. The standard InChI is InChI=1S/C14H22N2/c1-10(2)14(16-15)9-11-6-7-12-4-3-5-13(12)8-11/h6-8,10,14,16H,3-5,9,15H2,1-2H3. The van der Waals surface area contributed by atoms with Crippen LogP contribution in [0.25, 0.3) is 0 Å². The van der Waals surface area contributed by atoms with Crippen LogP contribution in [-0.2, 0) is 19.3 Å². The maximum atomic E-state index is 5.58. The third-order valence-corrected chi connectivity index (χ3v) is 3.64. The Labute approximate surface area is 98.2 Å². The number of aryl methyl sites for hydroxylation is 2. The highest BCUT2D eigenvalue weighted by Crippen LogP contribution is 2.23. The molecule has 0 spiro atoms. The van der Waals surface area contributed by atoms with Crippen molar-refractivity contribution in [1.82, 2.24) is 5.43 Å². The number of nitrogens with one attached hydrogen (secondary N) is 1. The normalized spacial score (nSPS) is 16.5. The van der Waals surface area contributed by atoms with Crippen molar-refractivity contribution >= 4 is 0 Å². The molecule has 88 valence electrons. The first-order valence-corrected chi connectivity index (χ1v) is 6.27. The molecule has 2 nitrogen and oxygen atoms in total. The highest BCUT2D eigenvalue weighted by atomic mass is 15.2. The van der Waals surface area contributed by atoms with E-state index < -0.39 is 0 Å². The van der Waals surface area contributed by atoms with Gasteiger partial charge >= 0.3 is 0 Å². The van der Waals surface area contributed by atoms with E-state index in [-0.39, 0.29) is 0 Å². The molecule has 2 rings (SSSR count). The summed E-state index contributed by atoms with van der Waals surface area (Å²) >= 11 is 0. The largest absolute Gasteiger partial charge is 0.271 e. The molecule has 1 unspecified atom stereocenters. The summed E-state index contributed by atoms with van der Waals surface area (Å²) in [4.78, 5) is 0.